The maximum absolute atomic E-state index is 12.3. The summed E-state index contributed by atoms with van der Waals surface area (Å²) in [6, 6.07) is 14.5. The quantitative estimate of drug-likeness (QED) is 0.693. The van der Waals surface area contributed by atoms with E-state index in [0.29, 0.717) is 23.1 Å². The van der Waals surface area contributed by atoms with Crippen LogP contribution in [0.1, 0.15) is 11.1 Å². The number of carbonyl (C=O) groups excluding carboxylic acids is 1. The van der Waals surface area contributed by atoms with Crippen molar-refractivity contribution in [1.82, 2.24) is 4.90 Å². The molecule has 0 heterocycles. The number of benzene rings is 2. The minimum atomic E-state index is -0.131. The largest absolute Gasteiger partial charge is 0.493 e. The first-order valence-electron chi connectivity index (χ1n) is 7.89. The van der Waals surface area contributed by atoms with Crippen LogP contribution in [-0.2, 0) is 11.3 Å². The van der Waals surface area contributed by atoms with Gasteiger partial charge in [-0.3, -0.25) is 4.79 Å². The Hall–Kier alpha value is -2.97. The minimum absolute atomic E-state index is 0.0572. The van der Waals surface area contributed by atoms with E-state index < -0.39 is 0 Å². The third-order valence-corrected chi connectivity index (χ3v) is 3.82. The monoisotopic (exact) mass is 370 g/mol. The van der Waals surface area contributed by atoms with E-state index in [4.69, 9.17) is 26.3 Å². The van der Waals surface area contributed by atoms with Crippen molar-refractivity contribution in [3.05, 3.63) is 64.7 Å². The third-order valence-electron chi connectivity index (χ3n) is 3.58. The van der Waals surface area contributed by atoms with Gasteiger partial charge in [-0.15, -0.1) is 0 Å². The van der Waals surface area contributed by atoms with E-state index in [-0.39, 0.29) is 12.5 Å². The first-order valence-corrected chi connectivity index (χ1v) is 8.26. The number of hydrogen-bond donors (Lipinski definition) is 0. The SMILES string of the molecule is COc1cc(/C=C/C(=O)N(C)Cc2cccc(Cl)c2)ccc1OCC#N. The second-order valence-corrected chi connectivity index (χ2v) is 5.95. The maximum Gasteiger partial charge on any atom is 0.246 e. The normalized spacial score (nSPS) is 10.4. The van der Waals surface area contributed by atoms with Gasteiger partial charge in [0.1, 0.15) is 6.07 Å². The molecule has 0 fully saturated rings. The van der Waals surface area contributed by atoms with E-state index in [2.05, 4.69) is 0 Å². The molecule has 0 bridgehead atoms. The highest BCUT2D eigenvalue weighted by molar-refractivity contribution is 6.30. The zero-order valence-electron chi connectivity index (χ0n) is 14.6. The van der Waals surface area contributed by atoms with Gasteiger partial charge in [0.2, 0.25) is 5.91 Å². The summed E-state index contributed by atoms with van der Waals surface area (Å²) in [5, 5.41) is 9.23. The molecule has 2 aromatic carbocycles. The number of carbonyl (C=O) groups is 1. The highest BCUT2D eigenvalue weighted by atomic mass is 35.5. The molecule has 0 aliphatic rings. The van der Waals surface area contributed by atoms with Crippen LogP contribution in [-0.4, -0.2) is 31.6 Å². The van der Waals surface area contributed by atoms with Crippen LogP contribution >= 0.6 is 11.6 Å². The van der Waals surface area contributed by atoms with Crippen LogP contribution in [0, 0.1) is 11.3 Å². The Morgan fingerprint density at radius 1 is 1.27 bits per heavy atom. The molecule has 0 radical (unpaired) electrons. The molecule has 5 nitrogen and oxygen atoms in total. The zero-order chi connectivity index (χ0) is 18.9. The van der Waals surface area contributed by atoms with Gasteiger partial charge in [-0.1, -0.05) is 29.8 Å². The Morgan fingerprint density at radius 2 is 2.08 bits per heavy atom. The second-order valence-electron chi connectivity index (χ2n) is 5.51. The van der Waals surface area contributed by atoms with Gasteiger partial charge < -0.3 is 14.4 Å². The summed E-state index contributed by atoms with van der Waals surface area (Å²) >= 11 is 5.96. The van der Waals surface area contributed by atoms with E-state index >= 15 is 0 Å². The smallest absolute Gasteiger partial charge is 0.246 e. The first kappa shape index (κ1) is 19.4. The van der Waals surface area contributed by atoms with E-state index in [1.54, 1.807) is 42.3 Å². The molecule has 0 N–H and O–H groups in total. The van der Waals surface area contributed by atoms with Gasteiger partial charge in [-0.25, -0.2) is 0 Å². The molecule has 134 valence electrons. The number of amides is 1. The summed E-state index contributed by atoms with van der Waals surface area (Å²) in [6.07, 6.45) is 3.20. The van der Waals surface area contributed by atoms with E-state index in [0.717, 1.165) is 11.1 Å². The second kappa shape index (κ2) is 9.50. The molecule has 0 spiro atoms. The van der Waals surface area contributed by atoms with Crippen LogP contribution in [0.25, 0.3) is 6.08 Å². The molecule has 1 amide bonds. The number of methoxy groups -OCH3 is 1. The van der Waals surface area contributed by atoms with Crippen LogP contribution < -0.4 is 9.47 Å². The Kier molecular flexibility index (Phi) is 7.07. The van der Waals surface area contributed by atoms with Gasteiger partial charge in [0, 0.05) is 24.7 Å². The van der Waals surface area contributed by atoms with Crippen molar-refractivity contribution >= 4 is 23.6 Å². The average Bonchev–Trinajstić information content (AvgIpc) is 2.64. The van der Waals surface area contributed by atoms with Gasteiger partial charge in [0.15, 0.2) is 18.1 Å². The number of rotatable bonds is 7. The van der Waals surface area contributed by atoms with Crippen LogP contribution in [0.5, 0.6) is 11.5 Å². The van der Waals surface area contributed by atoms with Crippen LogP contribution in [0.15, 0.2) is 48.5 Å². The Bertz CT molecular complexity index is 843. The van der Waals surface area contributed by atoms with E-state index in [1.165, 1.54) is 13.2 Å². The predicted molar refractivity (Wildman–Crippen MR) is 101 cm³/mol. The van der Waals surface area contributed by atoms with Crippen LogP contribution in [0.3, 0.4) is 0 Å². The van der Waals surface area contributed by atoms with E-state index in [1.807, 2.05) is 24.3 Å². The maximum atomic E-state index is 12.3. The fourth-order valence-corrected chi connectivity index (χ4v) is 2.51. The number of hydrogen-bond acceptors (Lipinski definition) is 4. The highest BCUT2D eigenvalue weighted by Gasteiger charge is 2.08. The zero-order valence-corrected chi connectivity index (χ0v) is 15.4. The van der Waals surface area contributed by atoms with Crippen molar-refractivity contribution in [2.24, 2.45) is 0 Å². The number of likely N-dealkylation sites (N-methyl/N-ethyl adjacent to an activating group) is 1. The molecule has 0 aromatic heterocycles. The number of halogens is 1. The van der Waals surface area contributed by atoms with Gasteiger partial charge >= 0.3 is 0 Å². The fourth-order valence-electron chi connectivity index (χ4n) is 2.30. The van der Waals surface area contributed by atoms with Crippen molar-refractivity contribution in [2.45, 2.75) is 6.54 Å². The molecule has 6 heteroatoms. The molecule has 2 aromatic rings. The molecule has 0 aliphatic carbocycles. The van der Waals surface area contributed by atoms with Crippen molar-refractivity contribution in [3.8, 4) is 17.6 Å². The molecule has 0 saturated heterocycles. The van der Waals surface area contributed by atoms with Crippen molar-refractivity contribution < 1.29 is 14.3 Å². The Labute approximate surface area is 158 Å². The van der Waals surface area contributed by atoms with Gasteiger partial charge in [0.05, 0.1) is 7.11 Å². The minimum Gasteiger partial charge on any atom is -0.493 e. The van der Waals surface area contributed by atoms with Crippen molar-refractivity contribution in [3.63, 3.8) is 0 Å². The molecular formula is C20H19ClN2O3. The molecule has 2 rings (SSSR count). The fraction of sp³-hybridized carbons (Fsp3) is 0.200. The van der Waals surface area contributed by atoms with E-state index in [9.17, 15) is 4.79 Å². The molecule has 0 atom stereocenters. The summed E-state index contributed by atoms with van der Waals surface area (Å²) in [5.74, 6) is 0.853. The third kappa shape index (κ3) is 5.54. The summed E-state index contributed by atoms with van der Waals surface area (Å²) in [6.45, 7) is 0.409. The Balaban J connectivity index is 2.03. The lowest BCUT2D eigenvalue weighted by molar-refractivity contribution is -0.125. The topological polar surface area (TPSA) is 62.6 Å². The standard InChI is InChI=1S/C20H19ClN2O3/c1-23(14-16-4-3-5-17(21)12-16)20(24)9-7-15-6-8-18(26-11-10-22)19(13-15)25-2/h3-9,12-13H,11,14H2,1-2H3/b9-7+. The lowest BCUT2D eigenvalue weighted by Crippen LogP contribution is -2.24. The molecule has 0 aliphatic heterocycles. The number of ether oxygens (including phenoxy) is 2. The van der Waals surface area contributed by atoms with Crippen molar-refractivity contribution in [1.29, 1.82) is 5.26 Å². The van der Waals surface area contributed by atoms with Gasteiger partial charge in [-0.05, 0) is 41.5 Å². The summed E-state index contributed by atoms with van der Waals surface area (Å²) in [7, 11) is 3.25. The van der Waals surface area contributed by atoms with Gasteiger partial charge in [-0.2, -0.15) is 5.26 Å². The lowest BCUT2D eigenvalue weighted by Gasteiger charge is -2.15. The number of nitriles is 1. The van der Waals surface area contributed by atoms with Crippen LogP contribution in [0.4, 0.5) is 0 Å². The summed E-state index contributed by atoms with van der Waals surface area (Å²) < 4.78 is 10.5. The average molecular weight is 371 g/mol. The van der Waals surface area contributed by atoms with Gasteiger partial charge in [0.25, 0.3) is 0 Å². The molecule has 26 heavy (non-hydrogen) atoms. The highest BCUT2D eigenvalue weighted by Crippen LogP contribution is 2.28. The summed E-state index contributed by atoms with van der Waals surface area (Å²) in [5.41, 5.74) is 1.75. The summed E-state index contributed by atoms with van der Waals surface area (Å²) in [4.78, 5) is 13.9. The first-order chi connectivity index (χ1) is 12.5. The predicted octanol–water partition coefficient (Wildman–Crippen LogP) is 3.92. The molecule has 0 saturated carbocycles. The number of nitrogens with zero attached hydrogens (tertiary/aromatic N) is 2. The molecular weight excluding hydrogens is 352 g/mol. The lowest BCUT2D eigenvalue weighted by atomic mass is 10.1. The Morgan fingerprint density at radius 3 is 2.77 bits per heavy atom. The van der Waals surface area contributed by atoms with Crippen LogP contribution in [0.2, 0.25) is 5.02 Å². The molecule has 0 unspecified atom stereocenters. The van der Waals surface area contributed by atoms with Crippen molar-refractivity contribution in [2.75, 3.05) is 20.8 Å².